The molecule has 1 aromatic carbocycles. The Morgan fingerprint density at radius 1 is 1.21 bits per heavy atom. The summed E-state index contributed by atoms with van der Waals surface area (Å²) in [7, 11) is 5.30. The van der Waals surface area contributed by atoms with Crippen LogP contribution in [-0.4, -0.2) is 52.1 Å². The Bertz CT molecular complexity index is 865. The summed E-state index contributed by atoms with van der Waals surface area (Å²) < 4.78 is 12.9. The molecule has 2 heterocycles. The summed E-state index contributed by atoms with van der Waals surface area (Å²) in [6.45, 7) is 0.760. The molecule has 7 nitrogen and oxygen atoms in total. The molecule has 1 saturated heterocycles. The number of thioether (sulfide) groups is 1. The molecule has 8 heteroatoms. The molecule has 1 aromatic heterocycles. The van der Waals surface area contributed by atoms with Gasteiger partial charge in [0.15, 0.2) is 5.16 Å². The van der Waals surface area contributed by atoms with Gasteiger partial charge in [-0.05, 0) is 43.9 Å². The third kappa shape index (κ3) is 3.70. The molecule has 0 unspecified atom stereocenters. The predicted molar refractivity (Wildman–Crippen MR) is 107 cm³/mol. The van der Waals surface area contributed by atoms with Crippen LogP contribution in [0.15, 0.2) is 23.4 Å². The van der Waals surface area contributed by atoms with E-state index in [1.807, 2.05) is 34.7 Å². The molecule has 0 N–H and O–H groups in total. The molecule has 0 radical (unpaired) electrons. The van der Waals surface area contributed by atoms with E-state index in [9.17, 15) is 4.79 Å². The van der Waals surface area contributed by atoms with Gasteiger partial charge < -0.3 is 18.9 Å². The highest BCUT2D eigenvalue weighted by atomic mass is 32.2. The van der Waals surface area contributed by atoms with Crippen molar-refractivity contribution in [2.45, 2.75) is 42.8 Å². The molecule has 1 saturated carbocycles. The summed E-state index contributed by atoms with van der Waals surface area (Å²) in [5.74, 6) is 3.63. The van der Waals surface area contributed by atoms with Crippen LogP contribution in [-0.2, 0) is 11.8 Å². The number of rotatable bonds is 7. The molecule has 1 atom stereocenters. The van der Waals surface area contributed by atoms with Crippen molar-refractivity contribution < 1.29 is 14.3 Å². The molecule has 1 aliphatic carbocycles. The van der Waals surface area contributed by atoms with E-state index in [1.165, 1.54) is 24.6 Å². The third-order valence-electron chi connectivity index (χ3n) is 5.50. The van der Waals surface area contributed by atoms with Gasteiger partial charge in [0.25, 0.3) is 0 Å². The summed E-state index contributed by atoms with van der Waals surface area (Å²) in [6.07, 6.45) is 4.29. The molecular weight excluding hydrogens is 376 g/mol. The second kappa shape index (κ2) is 8.03. The van der Waals surface area contributed by atoms with Crippen LogP contribution in [0.25, 0.3) is 0 Å². The highest BCUT2D eigenvalue weighted by Gasteiger charge is 2.33. The van der Waals surface area contributed by atoms with Crippen LogP contribution in [0, 0.1) is 0 Å². The van der Waals surface area contributed by atoms with Gasteiger partial charge in [0.1, 0.15) is 17.3 Å². The minimum absolute atomic E-state index is 0.0136. The van der Waals surface area contributed by atoms with Crippen molar-refractivity contribution in [3.05, 3.63) is 29.6 Å². The zero-order chi connectivity index (χ0) is 19.7. The van der Waals surface area contributed by atoms with E-state index in [0.29, 0.717) is 11.7 Å². The fourth-order valence-corrected chi connectivity index (χ4v) is 4.65. The maximum Gasteiger partial charge on any atom is 0.233 e. The van der Waals surface area contributed by atoms with Crippen molar-refractivity contribution in [1.29, 1.82) is 0 Å². The lowest BCUT2D eigenvalue weighted by atomic mass is 10.0. The number of amides is 1. The van der Waals surface area contributed by atoms with Gasteiger partial charge in [-0.15, -0.1) is 10.2 Å². The lowest BCUT2D eigenvalue weighted by Gasteiger charge is -2.26. The standard InChI is InChI=1S/C20H26N4O3S/c1-23-19(13-6-7-13)21-22-20(23)28-12-18(25)24-10-4-5-16(24)15-11-14(26-2)8-9-17(15)27-3/h8-9,11,13,16H,4-7,10,12H2,1-3H3/t16-/m0/s1. The summed E-state index contributed by atoms with van der Waals surface area (Å²) >= 11 is 1.47. The van der Waals surface area contributed by atoms with Crippen molar-refractivity contribution in [3.8, 4) is 11.5 Å². The number of carbonyl (C=O) groups excluding carboxylic acids is 1. The van der Waals surface area contributed by atoms with Crippen molar-refractivity contribution >= 4 is 17.7 Å². The number of likely N-dealkylation sites (tertiary alicyclic amines) is 1. The van der Waals surface area contributed by atoms with Crippen molar-refractivity contribution in [3.63, 3.8) is 0 Å². The van der Waals surface area contributed by atoms with E-state index in [1.54, 1.807) is 14.2 Å². The highest BCUT2D eigenvalue weighted by Crippen LogP contribution is 2.41. The Balaban J connectivity index is 1.46. The number of hydrogen-bond acceptors (Lipinski definition) is 6. The van der Waals surface area contributed by atoms with Gasteiger partial charge in [-0.3, -0.25) is 4.79 Å². The SMILES string of the molecule is COc1ccc(OC)c([C@@H]2CCCN2C(=O)CSc2nnc(C3CC3)n2C)c1. The van der Waals surface area contributed by atoms with Crippen molar-refractivity contribution in [2.24, 2.45) is 7.05 Å². The second-order valence-electron chi connectivity index (χ2n) is 7.32. The maximum atomic E-state index is 13.0. The molecule has 150 valence electrons. The third-order valence-corrected chi connectivity index (χ3v) is 6.51. The monoisotopic (exact) mass is 402 g/mol. The lowest BCUT2D eigenvalue weighted by Crippen LogP contribution is -2.32. The fraction of sp³-hybridized carbons (Fsp3) is 0.550. The molecule has 0 bridgehead atoms. The van der Waals surface area contributed by atoms with Crippen LogP contribution in [0.4, 0.5) is 0 Å². The number of nitrogens with zero attached hydrogens (tertiary/aromatic N) is 4. The number of hydrogen-bond donors (Lipinski definition) is 0. The quantitative estimate of drug-likeness (QED) is 0.663. The molecule has 2 fully saturated rings. The summed E-state index contributed by atoms with van der Waals surface area (Å²) in [5, 5.41) is 9.38. The van der Waals surface area contributed by atoms with Crippen molar-refractivity contribution in [2.75, 3.05) is 26.5 Å². The predicted octanol–water partition coefficient (Wildman–Crippen LogP) is 3.17. The van der Waals surface area contributed by atoms with E-state index in [0.717, 1.165) is 47.4 Å². The van der Waals surface area contributed by atoms with E-state index in [-0.39, 0.29) is 11.9 Å². The fourth-order valence-electron chi connectivity index (χ4n) is 3.85. The van der Waals surface area contributed by atoms with Crippen LogP contribution in [0.1, 0.15) is 49.0 Å². The Kier molecular flexibility index (Phi) is 5.48. The molecule has 1 aliphatic heterocycles. The largest absolute Gasteiger partial charge is 0.497 e. The van der Waals surface area contributed by atoms with Crippen molar-refractivity contribution in [1.82, 2.24) is 19.7 Å². The van der Waals surface area contributed by atoms with E-state index >= 15 is 0 Å². The smallest absolute Gasteiger partial charge is 0.233 e. The number of carbonyl (C=O) groups is 1. The van der Waals surface area contributed by atoms with E-state index in [4.69, 9.17) is 9.47 Å². The zero-order valence-corrected chi connectivity index (χ0v) is 17.4. The molecule has 28 heavy (non-hydrogen) atoms. The number of benzene rings is 1. The van der Waals surface area contributed by atoms with Crippen LogP contribution >= 0.6 is 11.8 Å². The first-order valence-corrected chi connectivity index (χ1v) is 10.6. The lowest BCUT2D eigenvalue weighted by molar-refractivity contribution is -0.129. The van der Waals surface area contributed by atoms with Gasteiger partial charge in [0.2, 0.25) is 5.91 Å². The first kappa shape index (κ1) is 19.1. The van der Waals surface area contributed by atoms with Gasteiger partial charge >= 0.3 is 0 Å². The van der Waals surface area contributed by atoms with Gasteiger partial charge in [-0.1, -0.05) is 11.8 Å². The summed E-state index contributed by atoms with van der Waals surface area (Å²) in [5.41, 5.74) is 1.01. The summed E-state index contributed by atoms with van der Waals surface area (Å²) in [4.78, 5) is 15.0. The molecule has 2 aliphatic rings. The minimum Gasteiger partial charge on any atom is -0.497 e. The maximum absolute atomic E-state index is 13.0. The minimum atomic E-state index is 0.0136. The van der Waals surface area contributed by atoms with Crippen LogP contribution in [0.5, 0.6) is 11.5 Å². The van der Waals surface area contributed by atoms with Gasteiger partial charge in [0.05, 0.1) is 26.0 Å². The number of methoxy groups -OCH3 is 2. The number of aromatic nitrogens is 3. The first-order chi connectivity index (χ1) is 13.6. The Morgan fingerprint density at radius 3 is 2.75 bits per heavy atom. The van der Waals surface area contributed by atoms with E-state index < -0.39 is 0 Å². The molecule has 0 spiro atoms. The Morgan fingerprint density at radius 2 is 2.04 bits per heavy atom. The van der Waals surface area contributed by atoms with Gasteiger partial charge in [-0.25, -0.2) is 0 Å². The normalized spacial score (nSPS) is 19.1. The van der Waals surface area contributed by atoms with E-state index in [2.05, 4.69) is 10.2 Å². The highest BCUT2D eigenvalue weighted by molar-refractivity contribution is 7.99. The Labute approximate surface area is 169 Å². The molecule has 1 amide bonds. The number of ether oxygens (including phenoxy) is 2. The van der Waals surface area contributed by atoms with Crippen LogP contribution in [0.2, 0.25) is 0 Å². The van der Waals surface area contributed by atoms with Gasteiger partial charge in [-0.2, -0.15) is 0 Å². The Hall–Kier alpha value is -2.22. The molecular formula is C20H26N4O3S. The average molecular weight is 403 g/mol. The average Bonchev–Trinajstić information content (AvgIpc) is 3.32. The van der Waals surface area contributed by atoms with Crippen LogP contribution < -0.4 is 9.47 Å². The molecule has 4 rings (SSSR count). The first-order valence-electron chi connectivity index (χ1n) is 9.66. The van der Waals surface area contributed by atoms with Gasteiger partial charge in [0, 0.05) is 25.1 Å². The second-order valence-corrected chi connectivity index (χ2v) is 8.26. The van der Waals surface area contributed by atoms with Crippen LogP contribution in [0.3, 0.4) is 0 Å². The topological polar surface area (TPSA) is 69.5 Å². The zero-order valence-electron chi connectivity index (χ0n) is 16.6. The molecule has 2 aromatic rings. The summed E-state index contributed by atoms with van der Waals surface area (Å²) in [6, 6.07) is 5.78.